The Labute approximate surface area is 170 Å². The second-order valence-electron chi connectivity index (χ2n) is 7.48. The number of aliphatic hydroxyl groups is 1. The molecule has 0 spiro atoms. The minimum absolute atomic E-state index is 0.105. The maximum absolute atomic E-state index is 12.7. The molecule has 29 heavy (non-hydrogen) atoms. The number of aliphatic hydroxyl groups excluding tert-OH is 1. The van der Waals surface area contributed by atoms with E-state index in [0.29, 0.717) is 38.6 Å². The molecular formula is C21H30N2O6. The number of unbranched alkanes of at least 4 members (excludes halogenated alkanes) is 2. The van der Waals surface area contributed by atoms with Crippen molar-refractivity contribution in [2.45, 2.75) is 70.1 Å². The van der Waals surface area contributed by atoms with Crippen molar-refractivity contribution in [2.75, 3.05) is 6.54 Å². The lowest BCUT2D eigenvalue weighted by molar-refractivity contribution is -0.153. The highest BCUT2D eigenvalue weighted by Crippen LogP contribution is 2.25. The Hall–Kier alpha value is -2.61. The summed E-state index contributed by atoms with van der Waals surface area (Å²) in [6.07, 6.45) is 3.04. The second-order valence-corrected chi connectivity index (χ2v) is 7.48. The SMILES string of the molecule is C[C@H](CCCCC[C@@H](O)C(N)=O)OC(=O)[C@@H]1CCCN1C(=O)c1ccccc1O. The van der Waals surface area contributed by atoms with E-state index in [2.05, 4.69) is 0 Å². The summed E-state index contributed by atoms with van der Waals surface area (Å²) in [6.45, 7) is 2.25. The van der Waals surface area contributed by atoms with Crippen molar-refractivity contribution in [1.82, 2.24) is 4.90 Å². The molecule has 1 aromatic rings. The highest BCUT2D eigenvalue weighted by molar-refractivity contribution is 5.99. The van der Waals surface area contributed by atoms with Crippen LogP contribution >= 0.6 is 0 Å². The average molecular weight is 406 g/mol. The van der Waals surface area contributed by atoms with Crippen molar-refractivity contribution in [3.63, 3.8) is 0 Å². The molecule has 2 rings (SSSR count). The van der Waals surface area contributed by atoms with Crippen molar-refractivity contribution in [3.05, 3.63) is 29.8 Å². The number of esters is 1. The molecule has 1 fully saturated rings. The fraction of sp³-hybridized carbons (Fsp3) is 0.571. The van der Waals surface area contributed by atoms with E-state index in [9.17, 15) is 24.6 Å². The van der Waals surface area contributed by atoms with Gasteiger partial charge in [0.05, 0.1) is 11.7 Å². The lowest BCUT2D eigenvalue weighted by Gasteiger charge is -2.25. The minimum atomic E-state index is -1.11. The number of aromatic hydroxyl groups is 1. The lowest BCUT2D eigenvalue weighted by Crippen LogP contribution is -2.42. The third-order valence-corrected chi connectivity index (χ3v) is 5.15. The number of carbonyl (C=O) groups excluding carboxylic acids is 3. The number of amides is 2. The Bertz CT molecular complexity index is 723. The maximum Gasteiger partial charge on any atom is 0.329 e. The van der Waals surface area contributed by atoms with Gasteiger partial charge in [-0.2, -0.15) is 0 Å². The number of nitrogens with two attached hydrogens (primary N) is 1. The molecule has 0 bridgehead atoms. The van der Waals surface area contributed by atoms with Crippen LogP contribution in [0.3, 0.4) is 0 Å². The first-order valence-corrected chi connectivity index (χ1v) is 10.1. The van der Waals surface area contributed by atoms with Gasteiger partial charge in [-0.05, 0) is 51.2 Å². The zero-order chi connectivity index (χ0) is 21.4. The molecule has 0 aliphatic carbocycles. The number of para-hydroxylation sites is 1. The normalized spacial score (nSPS) is 18.3. The van der Waals surface area contributed by atoms with Gasteiger partial charge < -0.3 is 25.6 Å². The van der Waals surface area contributed by atoms with E-state index in [1.165, 1.54) is 17.0 Å². The van der Waals surface area contributed by atoms with Crippen LogP contribution < -0.4 is 5.73 Å². The number of rotatable bonds is 10. The Morgan fingerprint density at radius 3 is 2.59 bits per heavy atom. The van der Waals surface area contributed by atoms with Crippen LogP contribution in [0.4, 0.5) is 0 Å². The third-order valence-electron chi connectivity index (χ3n) is 5.15. The van der Waals surface area contributed by atoms with Gasteiger partial charge in [-0.3, -0.25) is 9.59 Å². The standard InChI is InChI=1S/C21H30N2O6/c1-14(8-3-2-4-12-18(25)19(22)26)29-21(28)16-10-7-13-23(16)20(27)15-9-5-6-11-17(15)24/h5-6,9,11,14,16,18,24-25H,2-4,7-8,10,12-13H2,1H3,(H2,22,26)/t14-,16+,18-/m1/s1. The number of phenolic OH excluding ortho intramolecular Hbond substituents is 1. The van der Waals surface area contributed by atoms with Gasteiger partial charge in [0.2, 0.25) is 5.91 Å². The number of ether oxygens (including phenoxy) is 1. The molecule has 8 nitrogen and oxygen atoms in total. The minimum Gasteiger partial charge on any atom is -0.507 e. The number of benzene rings is 1. The topological polar surface area (TPSA) is 130 Å². The van der Waals surface area contributed by atoms with Crippen LogP contribution in [-0.2, 0) is 14.3 Å². The summed E-state index contributed by atoms with van der Waals surface area (Å²) >= 11 is 0. The number of hydrogen-bond acceptors (Lipinski definition) is 6. The molecule has 0 saturated carbocycles. The van der Waals surface area contributed by atoms with E-state index in [0.717, 1.165) is 12.8 Å². The summed E-state index contributed by atoms with van der Waals surface area (Å²) in [5.74, 6) is -1.62. The van der Waals surface area contributed by atoms with Gasteiger partial charge in [-0.15, -0.1) is 0 Å². The molecule has 1 saturated heterocycles. The van der Waals surface area contributed by atoms with Crippen LogP contribution in [0.15, 0.2) is 24.3 Å². The quantitative estimate of drug-likeness (QED) is 0.401. The zero-order valence-corrected chi connectivity index (χ0v) is 16.8. The van der Waals surface area contributed by atoms with Crippen LogP contribution in [0.25, 0.3) is 0 Å². The van der Waals surface area contributed by atoms with Gasteiger partial charge in [0.25, 0.3) is 5.91 Å². The summed E-state index contributed by atoms with van der Waals surface area (Å²) in [5, 5.41) is 19.3. The van der Waals surface area contributed by atoms with Gasteiger partial charge in [-0.1, -0.05) is 25.0 Å². The highest BCUT2D eigenvalue weighted by atomic mass is 16.5. The van der Waals surface area contributed by atoms with E-state index >= 15 is 0 Å². The largest absolute Gasteiger partial charge is 0.507 e. The smallest absolute Gasteiger partial charge is 0.329 e. The molecule has 4 N–H and O–H groups in total. The van der Waals surface area contributed by atoms with Crippen molar-refractivity contribution < 1.29 is 29.3 Å². The Morgan fingerprint density at radius 1 is 1.21 bits per heavy atom. The number of likely N-dealkylation sites (tertiary alicyclic amines) is 1. The molecule has 1 heterocycles. The van der Waals surface area contributed by atoms with Crippen molar-refractivity contribution in [1.29, 1.82) is 0 Å². The molecule has 3 atom stereocenters. The number of hydrogen-bond donors (Lipinski definition) is 3. The number of primary amides is 1. The molecular weight excluding hydrogens is 376 g/mol. The van der Waals surface area contributed by atoms with Crippen LogP contribution in [0, 0.1) is 0 Å². The van der Waals surface area contributed by atoms with Crippen LogP contribution in [0.1, 0.15) is 62.2 Å². The van der Waals surface area contributed by atoms with Gasteiger partial charge in [-0.25, -0.2) is 4.79 Å². The van der Waals surface area contributed by atoms with E-state index < -0.39 is 24.0 Å². The van der Waals surface area contributed by atoms with Gasteiger partial charge in [0.1, 0.15) is 17.9 Å². The molecule has 160 valence electrons. The predicted octanol–water partition coefficient (Wildman–Crippen LogP) is 1.73. The summed E-state index contributed by atoms with van der Waals surface area (Å²) in [4.78, 5) is 37.5. The first-order chi connectivity index (χ1) is 13.8. The fourth-order valence-electron chi connectivity index (χ4n) is 3.49. The van der Waals surface area contributed by atoms with Crippen molar-refractivity contribution in [2.24, 2.45) is 5.73 Å². The first kappa shape index (κ1) is 22.7. The zero-order valence-electron chi connectivity index (χ0n) is 16.8. The molecule has 0 aromatic heterocycles. The molecule has 2 amide bonds. The summed E-state index contributed by atoms with van der Waals surface area (Å²) in [7, 11) is 0. The van der Waals surface area contributed by atoms with E-state index in [1.807, 2.05) is 0 Å². The Kier molecular flexibility index (Phi) is 8.45. The highest BCUT2D eigenvalue weighted by Gasteiger charge is 2.36. The average Bonchev–Trinajstić information content (AvgIpc) is 3.17. The number of nitrogens with zero attached hydrogens (tertiary/aromatic N) is 1. The lowest BCUT2D eigenvalue weighted by atomic mass is 10.1. The number of carbonyl (C=O) groups is 3. The molecule has 1 aromatic carbocycles. The van der Waals surface area contributed by atoms with Gasteiger partial charge >= 0.3 is 5.97 Å². The van der Waals surface area contributed by atoms with Gasteiger partial charge in [0.15, 0.2) is 0 Å². The third kappa shape index (κ3) is 6.45. The summed E-state index contributed by atoms with van der Waals surface area (Å²) in [5.41, 5.74) is 5.18. The molecule has 8 heteroatoms. The molecule has 1 aliphatic heterocycles. The van der Waals surface area contributed by atoms with Crippen LogP contribution in [0.2, 0.25) is 0 Å². The Balaban J connectivity index is 1.79. The summed E-state index contributed by atoms with van der Waals surface area (Å²) < 4.78 is 5.53. The predicted molar refractivity (Wildman–Crippen MR) is 106 cm³/mol. The van der Waals surface area contributed by atoms with E-state index in [4.69, 9.17) is 10.5 Å². The second kappa shape index (κ2) is 10.8. The van der Waals surface area contributed by atoms with Crippen molar-refractivity contribution in [3.8, 4) is 5.75 Å². The first-order valence-electron chi connectivity index (χ1n) is 10.1. The van der Waals surface area contributed by atoms with Crippen LogP contribution in [0.5, 0.6) is 5.75 Å². The monoisotopic (exact) mass is 406 g/mol. The molecule has 0 unspecified atom stereocenters. The van der Waals surface area contributed by atoms with E-state index in [-0.39, 0.29) is 23.3 Å². The molecule has 1 aliphatic rings. The van der Waals surface area contributed by atoms with Crippen molar-refractivity contribution >= 4 is 17.8 Å². The number of phenols is 1. The van der Waals surface area contributed by atoms with Gasteiger partial charge in [0, 0.05) is 6.54 Å². The maximum atomic E-state index is 12.7. The Morgan fingerprint density at radius 2 is 1.90 bits per heavy atom. The summed E-state index contributed by atoms with van der Waals surface area (Å²) in [6, 6.07) is 5.64. The van der Waals surface area contributed by atoms with E-state index in [1.54, 1.807) is 19.1 Å². The molecule has 0 radical (unpaired) electrons. The van der Waals surface area contributed by atoms with Crippen LogP contribution in [-0.4, -0.2) is 57.7 Å². The fourth-order valence-corrected chi connectivity index (χ4v) is 3.49.